The van der Waals surface area contributed by atoms with E-state index in [1.54, 1.807) is 7.05 Å². The van der Waals surface area contributed by atoms with E-state index >= 15 is 0 Å². The lowest BCUT2D eigenvalue weighted by Gasteiger charge is -2.33. The van der Waals surface area contributed by atoms with Crippen LogP contribution in [0.2, 0.25) is 0 Å². The maximum absolute atomic E-state index is 10.4. The lowest BCUT2D eigenvalue weighted by Crippen LogP contribution is -2.52. The second-order valence-corrected chi connectivity index (χ2v) is 5.79. The molecule has 1 aliphatic rings. The molecule has 1 unspecified atom stereocenters. The van der Waals surface area contributed by atoms with Crippen LogP contribution in [0, 0.1) is 17.8 Å². The SMILES string of the molecule is CCC(CC)C(N)[C@@H]1[C@H](O)[C@@H](C)C[C@H]1NC(N)=NC. The summed E-state index contributed by atoms with van der Waals surface area (Å²) in [5.41, 5.74) is 12.2. The minimum absolute atomic E-state index is 0.00268. The van der Waals surface area contributed by atoms with Gasteiger partial charge in [0.25, 0.3) is 0 Å². The molecule has 0 aromatic heterocycles. The van der Waals surface area contributed by atoms with Crippen molar-refractivity contribution in [3.8, 4) is 0 Å². The van der Waals surface area contributed by atoms with Crippen molar-refractivity contribution in [2.45, 2.75) is 58.2 Å². The molecule has 1 rings (SSSR count). The van der Waals surface area contributed by atoms with Crippen LogP contribution in [0.4, 0.5) is 0 Å². The van der Waals surface area contributed by atoms with Gasteiger partial charge in [-0.3, -0.25) is 4.99 Å². The fourth-order valence-corrected chi connectivity index (χ4v) is 3.37. The zero-order valence-corrected chi connectivity index (χ0v) is 12.6. The molecule has 0 aromatic rings. The highest BCUT2D eigenvalue weighted by Crippen LogP contribution is 2.36. The Hall–Kier alpha value is -0.810. The molecule has 1 fully saturated rings. The molecule has 112 valence electrons. The van der Waals surface area contributed by atoms with Crippen molar-refractivity contribution >= 4 is 5.96 Å². The van der Waals surface area contributed by atoms with Crippen LogP contribution >= 0.6 is 0 Å². The van der Waals surface area contributed by atoms with Crippen LogP contribution in [0.15, 0.2) is 4.99 Å². The van der Waals surface area contributed by atoms with Gasteiger partial charge in [0.05, 0.1) is 6.10 Å². The number of hydrogen-bond donors (Lipinski definition) is 4. The molecule has 5 atom stereocenters. The Balaban J connectivity index is 2.85. The summed E-state index contributed by atoms with van der Waals surface area (Å²) >= 11 is 0. The number of aliphatic imine (C=N–C) groups is 1. The Morgan fingerprint density at radius 2 is 2.00 bits per heavy atom. The van der Waals surface area contributed by atoms with E-state index in [0.717, 1.165) is 19.3 Å². The van der Waals surface area contributed by atoms with Crippen LogP contribution in [0.5, 0.6) is 0 Å². The second kappa shape index (κ2) is 7.10. The molecule has 0 spiro atoms. The molecular formula is C14H30N4O. The number of hydrogen-bond acceptors (Lipinski definition) is 3. The fraction of sp³-hybridized carbons (Fsp3) is 0.929. The smallest absolute Gasteiger partial charge is 0.188 e. The third kappa shape index (κ3) is 3.60. The number of nitrogens with one attached hydrogen (secondary N) is 1. The summed E-state index contributed by atoms with van der Waals surface area (Å²) in [4.78, 5) is 3.94. The number of aliphatic hydroxyl groups is 1. The number of nitrogens with two attached hydrogens (primary N) is 2. The number of nitrogens with zero attached hydrogens (tertiary/aromatic N) is 1. The van der Waals surface area contributed by atoms with Crippen LogP contribution in [0.1, 0.15) is 40.0 Å². The first-order valence-electron chi connectivity index (χ1n) is 7.38. The van der Waals surface area contributed by atoms with Crippen LogP contribution in [-0.2, 0) is 0 Å². The van der Waals surface area contributed by atoms with Gasteiger partial charge in [-0.2, -0.15) is 0 Å². The van der Waals surface area contributed by atoms with Gasteiger partial charge in [-0.1, -0.05) is 33.6 Å². The maximum atomic E-state index is 10.4. The van der Waals surface area contributed by atoms with Crippen molar-refractivity contribution in [1.29, 1.82) is 0 Å². The van der Waals surface area contributed by atoms with Gasteiger partial charge in [0, 0.05) is 25.0 Å². The summed E-state index contributed by atoms with van der Waals surface area (Å²) < 4.78 is 0. The van der Waals surface area contributed by atoms with Gasteiger partial charge in [0.1, 0.15) is 0 Å². The van der Waals surface area contributed by atoms with E-state index in [1.165, 1.54) is 0 Å². The summed E-state index contributed by atoms with van der Waals surface area (Å²) in [6, 6.07) is 0.112. The predicted octanol–water partition coefficient (Wildman–Crippen LogP) is 0.670. The second-order valence-electron chi connectivity index (χ2n) is 5.79. The largest absolute Gasteiger partial charge is 0.392 e. The first kappa shape index (κ1) is 16.2. The van der Waals surface area contributed by atoms with Gasteiger partial charge in [-0.05, 0) is 18.3 Å². The molecule has 0 radical (unpaired) electrons. The van der Waals surface area contributed by atoms with Gasteiger partial charge in [-0.15, -0.1) is 0 Å². The number of rotatable bonds is 5. The highest BCUT2D eigenvalue weighted by molar-refractivity contribution is 5.78. The minimum atomic E-state index is -0.363. The fourth-order valence-electron chi connectivity index (χ4n) is 3.37. The van der Waals surface area contributed by atoms with E-state index in [0.29, 0.717) is 11.9 Å². The van der Waals surface area contributed by atoms with Crippen molar-refractivity contribution in [1.82, 2.24) is 5.32 Å². The van der Waals surface area contributed by atoms with Crippen molar-refractivity contribution in [2.24, 2.45) is 34.2 Å². The third-order valence-electron chi connectivity index (χ3n) is 4.68. The number of guanidine groups is 1. The first-order valence-corrected chi connectivity index (χ1v) is 7.38. The monoisotopic (exact) mass is 270 g/mol. The molecule has 0 heterocycles. The Labute approximate surface area is 116 Å². The van der Waals surface area contributed by atoms with Crippen molar-refractivity contribution in [2.75, 3.05) is 7.05 Å². The maximum Gasteiger partial charge on any atom is 0.188 e. The zero-order valence-electron chi connectivity index (χ0n) is 12.6. The van der Waals surface area contributed by atoms with Crippen LogP contribution in [0.3, 0.4) is 0 Å². The molecular weight excluding hydrogens is 240 g/mol. The normalized spacial score (nSPS) is 33.7. The van der Waals surface area contributed by atoms with E-state index in [2.05, 4.69) is 31.1 Å². The van der Waals surface area contributed by atoms with Gasteiger partial charge in [-0.25, -0.2) is 0 Å². The molecule has 0 amide bonds. The van der Waals surface area contributed by atoms with Crippen LogP contribution in [-0.4, -0.2) is 36.3 Å². The van der Waals surface area contributed by atoms with Crippen molar-refractivity contribution in [3.05, 3.63) is 0 Å². The van der Waals surface area contributed by atoms with Gasteiger partial charge in [0.2, 0.25) is 0 Å². The average molecular weight is 270 g/mol. The lowest BCUT2D eigenvalue weighted by molar-refractivity contribution is 0.0681. The minimum Gasteiger partial charge on any atom is -0.392 e. The standard InChI is InChI=1S/C14H30N4O/c1-5-9(6-2)12(15)11-10(18-14(16)17-4)7-8(3)13(11)19/h8-13,19H,5-7,15H2,1-4H3,(H3,16,17,18)/t8-,10+,11+,12?,13+/m0/s1. The average Bonchev–Trinajstić information content (AvgIpc) is 2.66. The van der Waals surface area contributed by atoms with Gasteiger partial charge < -0.3 is 21.9 Å². The molecule has 19 heavy (non-hydrogen) atoms. The van der Waals surface area contributed by atoms with E-state index in [9.17, 15) is 5.11 Å². The van der Waals surface area contributed by atoms with Crippen molar-refractivity contribution < 1.29 is 5.11 Å². The van der Waals surface area contributed by atoms with Crippen molar-refractivity contribution in [3.63, 3.8) is 0 Å². The van der Waals surface area contributed by atoms with Crippen LogP contribution < -0.4 is 16.8 Å². The zero-order chi connectivity index (χ0) is 14.6. The number of aliphatic hydroxyl groups excluding tert-OH is 1. The molecule has 6 N–H and O–H groups in total. The Morgan fingerprint density at radius 1 is 1.42 bits per heavy atom. The quantitative estimate of drug-likeness (QED) is 0.436. The lowest BCUT2D eigenvalue weighted by atomic mass is 9.81. The molecule has 1 saturated carbocycles. The van der Waals surface area contributed by atoms with Gasteiger partial charge >= 0.3 is 0 Å². The van der Waals surface area contributed by atoms with E-state index in [1.807, 2.05) is 0 Å². The van der Waals surface area contributed by atoms with E-state index in [-0.39, 0.29) is 30.0 Å². The summed E-state index contributed by atoms with van der Waals surface area (Å²) in [6.07, 6.45) is 2.60. The molecule has 1 aliphatic carbocycles. The topological polar surface area (TPSA) is 96.7 Å². The summed E-state index contributed by atoms with van der Waals surface area (Å²) in [7, 11) is 1.66. The van der Waals surface area contributed by atoms with E-state index in [4.69, 9.17) is 11.5 Å². The molecule has 0 bridgehead atoms. The Morgan fingerprint density at radius 3 is 2.47 bits per heavy atom. The molecule has 0 aromatic carbocycles. The molecule has 0 aliphatic heterocycles. The molecule has 5 nitrogen and oxygen atoms in total. The summed E-state index contributed by atoms with van der Waals surface area (Å²) in [5.74, 6) is 1.15. The summed E-state index contributed by atoms with van der Waals surface area (Å²) in [5, 5.41) is 13.6. The highest BCUT2D eigenvalue weighted by atomic mass is 16.3. The third-order valence-corrected chi connectivity index (χ3v) is 4.68. The first-order chi connectivity index (χ1) is 8.96. The highest BCUT2D eigenvalue weighted by Gasteiger charge is 2.44. The van der Waals surface area contributed by atoms with Crippen LogP contribution in [0.25, 0.3) is 0 Å². The molecule has 5 heteroatoms. The van der Waals surface area contributed by atoms with E-state index < -0.39 is 0 Å². The molecule has 0 saturated heterocycles. The predicted molar refractivity (Wildman–Crippen MR) is 79.8 cm³/mol. The Bertz CT molecular complexity index is 304. The summed E-state index contributed by atoms with van der Waals surface area (Å²) in [6.45, 7) is 6.38. The van der Waals surface area contributed by atoms with Gasteiger partial charge in [0.15, 0.2) is 5.96 Å². The Kier molecular flexibility index (Phi) is 6.07.